The first-order valence-corrected chi connectivity index (χ1v) is 8.05. The zero-order chi connectivity index (χ0) is 17.5. The topological polar surface area (TPSA) is 77.2 Å². The number of benzene rings is 2. The fourth-order valence-corrected chi connectivity index (χ4v) is 2.20. The lowest BCUT2D eigenvalue weighted by Crippen LogP contribution is -2.30. The Morgan fingerprint density at radius 2 is 1.88 bits per heavy atom. The molecule has 1 aromatic heterocycles. The highest BCUT2D eigenvalue weighted by atomic mass is 16.5. The number of aromatic nitrogens is 2. The average molecular weight is 337 g/mol. The molecule has 1 heterocycles. The Morgan fingerprint density at radius 1 is 1.12 bits per heavy atom. The van der Waals surface area contributed by atoms with Crippen LogP contribution in [0.2, 0.25) is 0 Å². The van der Waals surface area contributed by atoms with Crippen LogP contribution in [0.3, 0.4) is 0 Å². The number of nitrogens with zero attached hydrogens (tertiary/aromatic N) is 2. The Hall–Kier alpha value is -3.15. The monoisotopic (exact) mass is 337 g/mol. The fourth-order valence-electron chi connectivity index (χ4n) is 2.20. The summed E-state index contributed by atoms with van der Waals surface area (Å²) < 4.78 is 10.6. The minimum atomic E-state index is -0.192. The highest BCUT2D eigenvalue weighted by Crippen LogP contribution is 2.16. The van der Waals surface area contributed by atoms with Gasteiger partial charge in [-0.15, -0.1) is 0 Å². The van der Waals surface area contributed by atoms with Crippen molar-refractivity contribution in [3.63, 3.8) is 0 Å². The second-order valence-electron chi connectivity index (χ2n) is 5.58. The zero-order valence-electron chi connectivity index (χ0n) is 13.9. The largest absolute Gasteiger partial charge is 0.484 e. The highest BCUT2D eigenvalue weighted by Gasteiger charge is 2.09. The van der Waals surface area contributed by atoms with Gasteiger partial charge in [0, 0.05) is 18.5 Å². The van der Waals surface area contributed by atoms with E-state index in [1.807, 2.05) is 49.4 Å². The van der Waals surface area contributed by atoms with Gasteiger partial charge in [-0.2, -0.15) is 4.98 Å². The van der Waals surface area contributed by atoms with Gasteiger partial charge in [-0.25, -0.2) is 0 Å². The number of amides is 1. The van der Waals surface area contributed by atoms with Crippen LogP contribution in [0.5, 0.6) is 5.75 Å². The van der Waals surface area contributed by atoms with E-state index in [0.717, 1.165) is 5.56 Å². The maximum Gasteiger partial charge on any atom is 0.257 e. The lowest BCUT2D eigenvalue weighted by molar-refractivity contribution is -0.123. The van der Waals surface area contributed by atoms with E-state index in [1.165, 1.54) is 5.56 Å². The minimum Gasteiger partial charge on any atom is -0.484 e. The molecule has 1 amide bonds. The average Bonchev–Trinajstić information content (AvgIpc) is 3.10. The van der Waals surface area contributed by atoms with Crippen molar-refractivity contribution < 1.29 is 14.1 Å². The van der Waals surface area contributed by atoms with E-state index in [-0.39, 0.29) is 12.5 Å². The van der Waals surface area contributed by atoms with Gasteiger partial charge in [-0.3, -0.25) is 4.79 Å². The van der Waals surface area contributed by atoms with Crippen molar-refractivity contribution in [2.24, 2.45) is 0 Å². The zero-order valence-corrected chi connectivity index (χ0v) is 13.9. The molecule has 3 rings (SSSR count). The maximum absolute atomic E-state index is 11.8. The maximum atomic E-state index is 11.8. The molecule has 0 atom stereocenters. The van der Waals surface area contributed by atoms with Gasteiger partial charge in [0.1, 0.15) is 5.75 Å². The Labute approximate surface area is 145 Å². The van der Waals surface area contributed by atoms with Crippen LogP contribution >= 0.6 is 0 Å². The molecule has 0 bridgehead atoms. The van der Waals surface area contributed by atoms with E-state index in [4.69, 9.17) is 9.26 Å². The lowest BCUT2D eigenvalue weighted by Gasteiger charge is -2.06. The number of para-hydroxylation sites is 1. The third kappa shape index (κ3) is 4.91. The van der Waals surface area contributed by atoms with Crippen LogP contribution in [0.1, 0.15) is 11.5 Å². The Balaban J connectivity index is 1.43. The molecule has 0 saturated carbocycles. The molecule has 25 heavy (non-hydrogen) atoms. The standard InChI is InChI=1S/C19H19N3O3/c1-14-7-9-15(10-8-14)19-21-18(25-22-19)11-12-20-17(23)13-24-16-5-3-2-4-6-16/h2-10H,11-13H2,1H3,(H,20,23). The van der Waals surface area contributed by atoms with Gasteiger partial charge in [0.05, 0.1) is 0 Å². The van der Waals surface area contributed by atoms with Crippen molar-refractivity contribution in [3.8, 4) is 17.1 Å². The van der Waals surface area contributed by atoms with Crippen molar-refractivity contribution in [1.29, 1.82) is 0 Å². The van der Waals surface area contributed by atoms with E-state index in [9.17, 15) is 4.79 Å². The SMILES string of the molecule is Cc1ccc(-c2noc(CCNC(=O)COc3ccccc3)n2)cc1. The van der Waals surface area contributed by atoms with E-state index in [1.54, 1.807) is 12.1 Å². The number of rotatable bonds is 7. The van der Waals surface area contributed by atoms with Crippen LogP contribution in [-0.4, -0.2) is 29.2 Å². The molecule has 6 nitrogen and oxygen atoms in total. The van der Waals surface area contributed by atoms with Gasteiger partial charge in [0.25, 0.3) is 5.91 Å². The molecular formula is C19H19N3O3. The van der Waals surface area contributed by atoms with Crippen molar-refractivity contribution >= 4 is 5.91 Å². The van der Waals surface area contributed by atoms with Gasteiger partial charge in [0.15, 0.2) is 6.61 Å². The summed E-state index contributed by atoms with van der Waals surface area (Å²) in [5, 5.41) is 6.73. The van der Waals surface area contributed by atoms with Gasteiger partial charge in [-0.1, -0.05) is 53.2 Å². The van der Waals surface area contributed by atoms with Crippen LogP contribution in [0.15, 0.2) is 59.1 Å². The highest BCUT2D eigenvalue weighted by molar-refractivity contribution is 5.77. The van der Waals surface area contributed by atoms with E-state index < -0.39 is 0 Å². The first-order chi connectivity index (χ1) is 12.2. The number of hydrogen-bond acceptors (Lipinski definition) is 5. The number of carbonyl (C=O) groups excluding carboxylic acids is 1. The van der Waals surface area contributed by atoms with Gasteiger partial charge >= 0.3 is 0 Å². The molecule has 0 radical (unpaired) electrons. The third-order valence-electron chi connectivity index (χ3n) is 3.55. The molecule has 3 aromatic rings. The Kier molecular flexibility index (Phi) is 5.41. The first-order valence-electron chi connectivity index (χ1n) is 8.05. The summed E-state index contributed by atoms with van der Waals surface area (Å²) in [6.07, 6.45) is 0.468. The Morgan fingerprint density at radius 3 is 2.64 bits per heavy atom. The van der Waals surface area contributed by atoms with E-state index in [2.05, 4.69) is 15.5 Å². The summed E-state index contributed by atoms with van der Waals surface area (Å²) in [6, 6.07) is 17.1. The van der Waals surface area contributed by atoms with Crippen LogP contribution in [0.25, 0.3) is 11.4 Å². The van der Waals surface area contributed by atoms with Crippen LogP contribution in [0, 0.1) is 6.92 Å². The second kappa shape index (κ2) is 8.10. The predicted molar refractivity (Wildman–Crippen MR) is 93.1 cm³/mol. The lowest BCUT2D eigenvalue weighted by atomic mass is 10.1. The van der Waals surface area contributed by atoms with Gasteiger partial charge in [0.2, 0.25) is 11.7 Å². The molecule has 1 N–H and O–H groups in total. The Bertz CT molecular complexity index is 813. The number of aryl methyl sites for hydroxylation is 1. The molecular weight excluding hydrogens is 318 g/mol. The second-order valence-corrected chi connectivity index (χ2v) is 5.58. The molecule has 0 aliphatic heterocycles. The molecule has 0 unspecified atom stereocenters. The number of nitrogens with one attached hydrogen (secondary N) is 1. The molecule has 128 valence electrons. The summed E-state index contributed by atoms with van der Waals surface area (Å²) in [5.41, 5.74) is 2.08. The van der Waals surface area contributed by atoms with Crippen molar-refractivity contribution in [2.45, 2.75) is 13.3 Å². The summed E-state index contributed by atoms with van der Waals surface area (Å²) in [5.74, 6) is 1.51. The van der Waals surface area contributed by atoms with Crippen molar-refractivity contribution in [2.75, 3.05) is 13.2 Å². The molecule has 2 aromatic carbocycles. The molecule has 0 spiro atoms. The van der Waals surface area contributed by atoms with Crippen LogP contribution < -0.4 is 10.1 Å². The number of carbonyl (C=O) groups is 1. The van der Waals surface area contributed by atoms with Crippen molar-refractivity contribution in [3.05, 3.63) is 66.1 Å². The summed E-state index contributed by atoms with van der Waals surface area (Å²) in [6.45, 7) is 2.41. The smallest absolute Gasteiger partial charge is 0.257 e. The van der Waals surface area contributed by atoms with E-state index in [0.29, 0.717) is 30.4 Å². The molecule has 0 fully saturated rings. The summed E-state index contributed by atoms with van der Waals surface area (Å²) in [4.78, 5) is 16.1. The fraction of sp³-hybridized carbons (Fsp3) is 0.211. The first kappa shape index (κ1) is 16.7. The van der Waals surface area contributed by atoms with Gasteiger partial charge < -0.3 is 14.6 Å². The quantitative estimate of drug-likeness (QED) is 0.717. The van der Waals surface area contributed by atoms with Gasteiger partial charge in [-0.05, 0) is 19.1 Å². The van der Waals surface area contributed by atoms with E-state index >= 15 is 0 Å². The summed E-state index contributed by atoms with van der Waals surface area (Å²) in [7, 11) is 0. The molecule has 6 heteroatoms. The number of ether oxygens (including phenoxy) is 1. The normalized spacial score (nSPS) is 10.4. The number of hydrogen-bond donors (Lipinski definition) is 1. The minimum absolute atomic E-state index is 0.0253. The summed E-state index contributed by atoms with van der Waals surface area (Å²) >= 11 is 0. The molecule has 0 aliphatic carbocycles. The molecule has 0 aliphatic rings. The predicted octanol–water partition coefficient (Wildman–Crippen LogP) is 2.78. The van der Waals surface area contributed by atoms with Crippen LogP contribution in [0.4, 0.5) is 0 Å². The van der Waals surface area contributed by atoms with Crippen molar-refractivity contribution in [1.82, 2.24) is 15.5 Å². The molecule has 0 saturated heterocycles. The third-order valence-corrected chi connectivity index (χ3v) is 3.55. The van der Waals surface area contributed by atoms with Crippen LogP contribution in [-0.2, 0) is 11.2 Å².